The smallest absolute Gasteiger partial charge is 0.151 e. The minimum Gasteiger partial charge on any atom is -0.375 e. The maximum atomic E-state index is 12.0. The van der Waals surface area contributed by atoms with Crippen molar-refractivity contribution in [3.05, 3.63) is 0 Å². The Bertz CT molecular complexity index is 429. The Morgan fingerprint density at radius 2 is 2.00 bits per heavy atom. The summed E-state index contributed by atoms with van der Waals surface area (Å²) in [5.74, 6) is 0.410. The van der Waals surface area contributed by atoms with Gasteiger partial charge in [0.25, 0.3) is 0 Å². The predicted octanol–water partition coefficient (Wildman–Crippen LogP) is 2.53. The molecule has 1 aliphatic carbocycles. The van der Waals surface area contributed by atoms with Gasteiger partial charge in [-0.25, -0.2) is 8.42 Å². The van der Waals surface area contributed by atoms with Crippen molar-refractivity contribution in [1.82, 2.24) is 5.32 Å². The number of hydrogen-bond acceptors (Lipinski definition) is 4. The van der Waals surface area contributed by atoms with E-state index in [4.69, 9.17) is 4.74 Å². The highest BCUT2D eigenvalue weighted by Gasteiger charge is 2.44. The summed E-state index contributed by atoms with van der Waals surface area (Å²) in [5.41, 5.74) is 0.0479. The van der Waals surface area contributed by atoms with E-state index in [2.05, 4.69) is 12.2 Å². The SMILES string of the molecule is CCCNC(C1CCOC2(CCCC2)C1)C(C)S(C)(=O)=O. The van der Waals surface area contributed by atoms with Crippen molar-refractivity contribution < 1.29 is 13.2 Å². The Kier molecular flexibility index (Phi) is 5.71. The van der Waals surface area contributed by atoms with Crippen LogP contribution in [0.3, 0.4) is 0 Å². The van der Waals surface area contributed by atoms with E-state index in [-0.39, 0.29) is 16.9 Å². The molecule has 2 fully saturated rings. The Balaban J connectivity index is 2.11. The number of ether oxygens (including phenoxy) is 1. The molecular weight excluding hydrogens is 286 g/mol. The van der Waals surface area contributed by atoms with Crippen LogP contribution in [0.5, 0.6) is 0 Å². The fraction of sp³-hybridized carbons (Fsp3) is 1.00. The predicted molar refractivity (Wildman–Crippen MR) is 86.3 cm³/mol. The summed E-state index contributed by atoms with van der Waals surface area (Å²) in [7, 11) is -3.02. The summed E-state index contributed by atoms with van der Waals surface area (Å²) in [6.07, 6.45) is 9.19. The molecule has 5 heteroatoms. The van der Waals surface area contributed by atoms with Gasteiger partial charge in [0.15, 0.2) is 9.84 Å². The Hall–Kier alpha value is -0.130. The van der Waals surface area contributed by atoms with Gasteiger partial charge in [-0.2, -0.15) is 0 Å². The van der Waals surface area contributed by atoms with Crippen molar-refractivity contribution in [1.29, 1.82) is 0 Å². The van der Waals surface area contributed by atoms with Gasteiger partial charge in [0.2, 0.25) is 0 Å². The molecule has 0 aromatic carbocycles. The second-order valence-corrected chi connectivity index (χ2v) is 9.41. The summed E-state index contributed by atoms with van der Waals surface area (Å²) in [4.78, 5) is 0. The quantitative estimate of drug-likeness (QED) is 0.818. The summed E-state index contributed by atoms with van der Waals surface area (Å²) < 4.78 is 30.1. The summed E-state index contributed by atoms with van der Waals surface area (Å²) in [6.45, 7) is 5.65. The molecule has 0 radical (unpaired) electrons. The number of sulfone groups is 1. The van der Waals surface area contributed by atoms with Crippen LogP contribution in [-0.2, 0) is 14.6 Å². The normalized spacial score (nSPS) is 28.6. The molecule has 2 aliphatic rings. The lowest BCUT2D eigenvalue weighted by atomic mass is 9.79. The highest BCUT2D eigenvalue weighted by molar-refractivity contribution is 7.91. The highest BCUT2D eigenvalue weighted by Crippen LogP contribution is 2.43. The van der Waals surface area contributed by atoms with Gasteiger partial charge in [0.05, 0.1) is 10.9 Å². The van der Waals surface area contributed by atoms with Gasteiger partial charge >= 0.3 is 0 Å². The maximum Gasteiger partial charge on any atom is 0.151 e. The van der Waals surface area contributed by atoms with Gasteiger partial charge in [-0.05, 0) is 51.5 Å². The zero-order valence-corrected chi connectivity index (χ0v) is 14.5. The van der Waals surface area contributed by atoms with Gasteiger partial charge in [-0.15, -0.1) is 0 Å². The van der Waals surface area contributed by atoms with Crippen molar-refractivity contribution >= 4 is 9.84 Å². The average Bonchev–Trinajstić information content (AvgIpc) is 2.86. The first-order valence-electron chi connectivity index (χ1n) is 8.44. The molecule has 0 amide bonds. The van der Waals surface area contributed by atoms with Crippen LogP contribution in [0.1, 0.15) is 58.8 Å². The van der Waals surface area contributed by atoms with Gasteiger partial charge in [0, 0.05) is 18.9 Å². The molecule has 0 aromatic heterocycles. The van der Waals surface area contributed by atoms with E-state index < -0.39 is 9.84 Å². The number of nitrogens with one attached hydrogen (secondary N) is 1. The summed E-state index contributed by atoms with van der Waals surface area (Å²) in [6, 6.07) is 0.0568. The number of hydrogen-bond donors (Lipinski definition) is 1. The van der Waals surface area contributed by atoms with E-state index in [9.17, 15) is 8.42 Å². The molecule has 21 heavy (non-hydrogen) atoms. The third-order valence-corrected chi connectivity index (χ3v) is 7.01. The third kappa shape index (κ3) is 4.20. The van der Waals surface area contributed by atoms with Gasteiger partial charge in [-0.3, -0.25) is 0 Å². The van der Waals surface area contributed by atoms with E-state index in [1.165, 1.54) is 19.1 Å². The maximum absolute atomic E-state index is 12.0. The van der Waals surface area contributed by atoms with E-state index in [0.717, 1.165) is 45.3 Å². The largest absolute Gasteiger partial charge is 0.375 e. The molecule has 1 aliphatic heterocycles. The van der Waals surface area contributed by atoms with Gasteiger partial charge < -0.3 is 10.1 Å². The molecular formula is C16H31NO3S. The molecule has 3 unspecified atom stereocenters. The minimum absolute atomic E-state index is 0.0479. The standard InChI is InChI=1S/C16H31NO3S/c1-4-10-17-15(13(2)21(3,18)19)14-7-11-20-16(12-14)8-5-6-9-16/h13-15,17H,4-12H2,1-3H3. The molecule has 1 saturated carbocycles. The zero-order valence-electron chi connectivity index (χ0n) is 13.7. The van der Waals surface area contributed by atoms with Gasteiger partial charge in [-0.1, -0.05) is 19.8 Å². The van der Waals surface area contributed by atoms with Crippen LogP contribution in [0.15, 0.2) is 0 Å². The lowest BCUT2D eigenvalue weighted by molar-refractivity contribution is -0.0978. The zero-order chi connectivity index (χ0) is 15.5. The topological polar surface area (TPSA) is 55.4 Å². The third-order valence-electron chi connectivity index (χ3n) is 5.36. The number of rotatable bonds is 6. The fourth-order valence-electron chi connectivity index (χ4n) is 4.03. The van der Waals surface area contributed by atoms with Crippen molar-refractivity contribution in [3.8, 4) is 0 Å². The van der Waals surface area contributed by atoms with Crippen LogP contribution < -0.4 is 5.32 Å². The Morgan fingerprint density at radius 1 is 1.33 bits per heavy atom. The van der Waals surface area contributed by atoms with Gasteiger partial charge in [0.1, 0.15) is 0 Å². The van der Waals surface area contributed by atoms with E-state index >= 15 is 0 Å². The molecule has 1 saturated heterocycles. The van der Waals surface area contributed by atoms with Crippen molar-refractivity contribution in [2.75, 3.05) is 19.4 Å². The molecule has 0 aromatic rings. The Labute approximate surface area is 129 Å². The molecule has 2 rings (SSSR count). The van der Waals surface area contributed by atoms with E-state index in [0.29, 0.717) is 5.92 Å². The second-order valence-electron chi connectivity index (χ2n) is 7.01. The molecule has 1 N–H and O–H groups in total. The van der Waals surface area contributed by atoms with Crippen LogP contribution in [0.2, 0.25) is 0 Å². The Morgan fingerprint density at radius 3 is 2.57 bits per heavy atom. The van der Waals surface area contributed by atoms with Crippen LogP contribution in [0.25, 0.3) is 0 Å². The molecule has 4 nitrogen and oxygen atoms in total. The first kappa shape index (κ1) is 17.2. The average molecular weight is 317 g/mol. The molecule has 1 heterocycles. The van der Waals surface area contributed by atoms with Crippen LogP contribution >= 0.6 is 0 Å². The molecule has 124 valence electrons. The first-order chi connectivity index (χ1) is 9.88. The molecule has 0 bridgehead atoms. The lowest BCUT2D eigenvalue weighted by Crippen LogP contribution is -2.52. The van der Waals surface area contributed by atoms with Crippen LogP contribution in [0.4, 0.5) is 0 Å². The summed E-state index contributed by atoms with van der Waals surface area (Å²) >= 11 is 0. The monoisotopic (exact) mass is 317 g/mol. The van der Waals surface area contributed by atoms with E-state index in [1.807, 2.05) is 6.92 Å². The minimum atomic E-state index is -3.02. The fourth-order valence-corrected chi connectivity index (χ4v) is 4.88. The summed E-state index contributed by atoms with van der Waals surface area (Å²) in [5, 5.41) is 3.19. The van der Waals surface area contributed by atoms with E-state index in [1.54, 1.807) is 0 Å². The lowest BCUT2D eigenvalue weighted by Gasteiger charge is -2.43. The van der Waals surface area contributed by atoms with Crippen LogP contribution in [0, 0.1) is 5.92 Å². The van der Waals surface area contributed by atoms with Crippen molar-refractivity contribution in [2.45, 2.75) is 75.7 Å². The second kappa shape index (κ2) is 6.97. The van der Waals surface area contributed by atoms with Crippen molar-refractivity contribution in [3.63, 3.8) is 0 Å². The molecule has 1 spiro atoms. The molecule has 3 atom stereocenters. The van der Waals surface area contributed by atoms with Crippen LogP contribution in [-0.4, -0.2) is 44.7 Å². The first-order valence-corrected chi connectivity index (χ1v) is 10.4. The van der Waals surface area contributed by atoms with Crippen molar-refractivity contribution in [2.24, 2.45) is 5.92 Å². The highest BCUT2D eigenvalue weighted by atomic mass is 32.2.